The molecule has 0 amide bonds. The number of benzene rings is 1. The van der Waals surface area contributed by atoms with Crippen molar-refractivity contribution in [2.75, 3.05) is 0 Å². The minimum atomic E-state index is 0.852. The van der Waals surface area contributed by atoms with Gasteiger partial charge in [-0.1, -0.05) is 12.1 Å². The van der Waals surface area contributed by atoms with Crippen LogP contribution in [-0.2, 0) is 0 Å². The van der Waals surface area contributed by atoms with E-state index in [2.05, 4.69) is 21.1 Å². The molecule has 0 unspecified atom stereocenters. The molecule has 92 valence electrons. The highest BCUT2D eigenvalue weighted by atomic mass is 15.3. The molecule has 0 aliphatic rings. The van der Waals surface area contributed by atoms with Crippen LogP contribution in [0.2, 0.25) is 0 Å². The van der Waals surface area contributed by atoms with Crippen LogP contribution in [0.3, 0.4) is 0 Å². The second-order valence-electron chi connectivity index (χ2n) is 4.43. The maximum absolute atomic E-state index is 4.42. The highest BCUT2D eigenvalue weighted by Crippen LogP contribution is 2.20. The molecule has 3 aromatic heterocycles. The van der Waals surface area contributed by atoms with Crippen molar-refractivity contribution in [3.63, 3.8) is 0 Å². The summed E-state index contributed by atoms with van der Waals surface area (Å²) in [5.74, 6) is 0. The average Bonchev–Trinajstić information content (AvgIpc) is 3.06. The summed E-state index contributed by atoms with van der Waals surface area (Å²) in [5, 5.41) is 4.29. The first kappa shape index (κ1) is 10.3. The molecule has 5 nitrogen and oxygen atoms in total. The summed E-state index contributed by atoms with van der Waals surface area (Å²) in [7, 11) is 0. The molecule has 0 saturated carbocycles. The highest BCUT2D eigenvalue weighted by Gasteiger charge is 2.10. The van der Waals surface area contributed by atoms with Crippen LogP contribution in [0, 0.1) is 6.92 Å². The number of nitrogens with zero attached hydrogens (tertiary/aromatic N) is 5. The van der Waals surface area contributed by atoms with Gasteiger partial charge in [0.25, 0.3) is 0 Å². The maximum Gasteiger partial charge on any atom is 0.155 e. The standard InChI is InChI=1S/C14H11N5/c1-10-13(8-15-14-6-7-17-19(10)14)18-9-16-11-4-2-3-5-12(11)18/h2-9H,1H3. The molecule has 0 fully saturated rings. The molecule has 19 heavy (non-hydrogen) atoms. The molecule has 0 spiro atoms. The number of hydrogen-bond donors (Lipinski definition) is 0. The monoisotopic (exact) mass is 249 g/mol. The summed E-state index contributed by atoms with van der Waals surface area (Å²) in [6, 6.07) is 9.94. The van der Waals surface area contributed by atoms with Crippen molar-refractivity contribution in [1.82, 2.24) is 24.1 Å². The van der Waals surface area contributed by atoms with Gasteiger partial charge in [-0.05, 0) is 19.1 Å². The third kappa shape index (κ3) is 1.38. The van der Waals surface area contributed by atoms with Crippen molar-refractivity contribution in [2.24, 2.45) is 0 Å². The van der Waals surface area contributed by atoms with E-state index in [1.165, 1.54) is 0 Å². The molecule has 0 saturated heterocycles. The lowest BCUT2D eigenvalue weighted by atomic mass is 10.3. The second-order valence-corrected chi connectivity index (χ2v) is 4.43. The molecule has 4 rings (SSSR count). The maximum atomic E-state index is 4.42. The number of rotatable bonds is 1. The van der Waals surface area contributed by atoms with Crippen LogP contribution in [-0.4, -0.2) is 24.1 Å². The Morgan fingerprint density at radius 1 is 1.05 bits per heavy atom. The Balaban J connectivity index is 2.06. The van der Waals surface area contributed by atoms with Crippen molar-refractivity contribution in [1.29, 1.82) is 0 Å². The largest absolute Gasteiger partial charge is 0.295 e. The molecule has 4 aromatic rings. The van der Waals surface area contributed by atoms with Crippen LogP contribution >= 0.6 is 0 Å². The molecule has 0 atom stereocenters. The van der Waals surface area contributed by atoms with Gasteiger partial charge in [0.15, 0.2) is 5.65 Å². The zero-order valence-corrected chi connectivity index (χ0v) is 10.4. The van der Waals surface area contributed by atoms with Crippen molar-refractivity contribution in [2.45, 2.75) is 6.92 Å². The van der Waals surface area contributed by atoms with Gasteiger partial charge in [0.05, 0.1) is 34.8 Å². The first-order valence-electron chi connectivity index (χ1n) is 6.06. The van der Waals surface area contributed by atoms with Crippen LogP contribution in [0.1, 0.15) is 5.69 Å². The predicted octanol–water partition coefficient (Wildman–Crippen LogP) is 2.38. The highest BCUT2D eigenvalue weighted by molar-refractivity contribution is 5.77. The number of hydrogen-bond acceptors (Lipinski definition) is 3. The number of fused-ring (bicyclic) bond motifs is 2. The molecule has 0 aliphatic carbocycles. The third-order valence-electron chi connectivity index (χ3n) is 3.34. The predicted molar refractivity (Wildman–Crippen MR) is 72.4 cm³/mol. The number of aromatic nitrogens is 5. The minimum Gasteiger partial charge on any atom is -0.295 e. The van der Waals surface area contributed by atoms with Crippen LogP contribution in [0.4, 0.5) is 0 Å². The van der Waals surface area contributed by atoms with E-state index in [4.69, 9.17) is 0 Å². The van der Waals surface area contributed by atoms with E-state index in [0.717, 1.165) is 28.1 Å². The summed E-state index contributed by atoms with van der Waals surface area (Å²) < 4.78 is 3.88. The molecule has 0 N–H and O–H groups in total. The fraction of sp³-hybridized carbons (Fsp3) is 0.0714. The van der Waals surface area contributed by atoms with Gasteiger partial charge in [-0.15, -0.1) is 0 Å². The zero-order chi connectivity index (χ0) is 12.8. The van der Waals surface area contributed by atoms with Crippen molar-refractivity contribution >= 4 is 16.7 Å². The van der Waals surface area contributed by atoms with Crippen molar-refractivity contribution in [3.8, 4) is 5.69 Å². The fourth-order valence-corrected chi connectivity index (χ4v) is 2.37. The van der Waals surface area contributed by atoms with Gasteiger partial charge in [-0.3, -0.25) is 4.57 Å². The average molecular weight is 249 g/mol. The lowest BCUT2D eigenvalue weighted by Crippen LogP contribution is -2.03. The molecular weight excluding hydrogens is 238 g/mol. The number of para-hydroxylation sites is 2. The molecule has 0 aliphatic heterocycles. The van der Waals surface area contributed by atoms with E-state index in [0.29, 0.717) is 0 Å². The molecule has 1 aromatic carbocycles. The van der Waals surface area contributed by atoms with Crippen LogP contribution in [0.15, 0.2) is 49.1 Å². The zero-order valence-electron chi connectivity index (χ0n) is 10.4. The normalized spacial score (nSPS) is 11.4. The smallest absolute Gasteiger partial charge is 0.155 e. The summed E-state index contributed by atoms with van der Waals surface area (Å²) in [5.41, 5.74) is 4.93. The number of aryl methyl sites for hydroxylation is 1. The van der Waals surface area contributed by atoms with Gasteiger partial charge >= 0.3 is 0 Å². The van der Waals surface area contributed by atoms with E-state index in [9.17, 15) is 0 Å². The van der Waals surface area contributed by atoms with Gasteiger partial charge in [-0.2, -0.15) is 5.10 Å². The lowest BCUT2D eigenvalue weighted by Gasteiger charge is -2.08. The summed E-state index contributed by atoms with van der Waals surface area (Å²) in [4.78, 5) is 8.83. The number of imidazole rings is 1. The Labute approximate surface area is 109 Å². The third-order valence-corrected chi connectivity index (χ3v) is 3.34. The van der Waals surface area contributed by atoms with Gasteiger partial charge in [-0.25, -0.2) is 14.5 Å². The lowest BCUT2D eigenvalue weighted by molar-refractivity contribution is 0.870. The van der Waals surface area contributed by atoms with Crippen LogP contribution < -0.4 is 0 Å². The molecule has 0 bridgehead atoms. The summed E-state index contributed by atoms with van der Waals surface area (Å²) in [6.07, 6.45) is 5.44. The Bertz CT molecular complexity index is 887. The Morgan fingerprint density at radius 3 is 2.89 bits per heavy atom. The van der Waals surface area contributed by atoms with Gasteiger partial charge < -0.3 is 0 Å². The van der Waals surface area contributed by atoms with E-state index in [1.807, 2.05) is 52.8 Å². The molecular formula is C14H11N5. The topological polar surface area (TPSA) is 48.0 Å². The van der Waals surface area contributed by atoms with Crippen LogP contribution in [0.25, 0.3) is 22.4 Å². The SMILES string of the molecule is Cc1c(-n2cnc3ccccc32)cnc2ccnn12. The molecule has 0 radical (unpaired) electrons. The quantitative estimate of drug-likeness (QED) is 0.520. The fourth-order valence-electron chi connectivity index (χ4n) is 2.37. The van der Waals surface area contributed by atoms with E-state index in [-0.39, 0.29) is 0 Å². The van der Waals surface area contributed by atoms with Crippen LogP contribution in [0.5, 0.6) is 0 Å². The summed E-state index contributed by atoms with van der Waals surface area (Å²) in [6.45, 7) is 2.03. The molecule has 3 heterocycles. The van der Waals surface area contributed by atoms with Gasteiger partial charge in [0, 0.05) is 6.07 Å². The van der Waals surface area contributed by atoms with Crippen molar-refractivity contribution < 1.29 is 0 Å². The second kappa shape index (κ2) is 3.65. The van der Waals surface area contributed by atoms with E-state index < -0.39 is 0 Å². The Morgan fingerprint density at radius 2 is 1.95 bits per heavy atom. The van der Waals surface area contributed by atoms with E-state index >= 15 is 0 Å². The van der Waals surface area contributed by atoms with Gasteiger partial charge in [0.1, 0.15) is 6.33 Å². The Hall–Kier alpha value is -2.69. The molecule has 5 heteroatoms. The first-order valence-corrected chi connectivity index (χ1v) is 6.06. The summed E-state index contributed by atoms with van der Waals surface area (Å²) >= 11 is 0. The Kier molecular flexibility index (Phi) is 1.97. The minimum absolute atomic E-state index is 0.852. The van der Waals surface area contributed by atoms with E-state index in [1.54, 1.807) is 6.20 Å². The van der Waals surface area contributed by atoms with Crippen molar-refractivity contribution in [3.05, 3.63) is 54.7 Å². The first-order chi connectivity index (χ1) is 9.34. The van der Waals surface area contributed by atoms with Gasteiger partial charge in [0.2, 0.25) is 0 Å².